The predicted octanol–water partition coefficient (Wildman–Crippen LogP) is 5.13. The second kappa shape index (κ2) is 8.53. The van der Waals surface area contributed by atoms with Gasteiger partial charge in [-0.1, -0.05) is 51.1 Å². The van der Waals surface area contributed by atoms with E-state index in [4.69, 9.17) is 17.0 Å². The zero-order valence-electron chi connectivity index (χ0n) is 16.8. The number of hydrogen-bond acceptors (Lipinski definition) is 3. The van der Waals surface area contributed by atoms with Crippen LogP contribution >= 0.6 is 12.2 Å². The van der Waals surface area contributed by atoms with E-state index in [1.54, 1.807) is 12.1 Å². The molecule has 0 aliphatic carbocycles. The number of ether oxygens (including phenoxy) is 1. The van der Waals surface area contributed by atoms with Gasteiger partial charge in [0, 0.05) is 5.69 Å². The Bertz CT molecular complexity index is 823. The highest BCUT2D eigenvalue weighted by Crippen LogP contribution is 2.24. The first-order valence-electron chi connectivity index (χ1n) is 8.99. The number of nitrogens with one attached hydrogen (secondary N) is 2. The lowest BCUT2D eigenvalue weighted by molar-refractivity contribution is 0.0600. The summed E-state index contributed by atoms with van der Waals surface area (Å²) in [6, 6.07) is 14.1. The second-order valence-electron chi connectivity index (χ2n) is 7.66. The number of rotatable bonds is 4. The van der Waals surface area contributed by atoms with Gasteiger partial charge < -0.3 is 15.4 Å². The molecular formula is C22H28N2O2S. The first-order valence-corrected chi connectivity index (χ1v) is 9.40. The van der Waals surface area contributed by atoms with E-state index >= 15 is 0 Å². The van der Waals surface area contributed by atoms with Crippen molar-refractivity contribution in [3.63, 3.8) is 0 Å². The minimum atomic E-state index is -0.359. The van der Waals surface area contributed by atoms with E-state index in [1.165, 1.54) is 12.7 Å². The van der Waals surface area contributed by atoms with Crippen molar-refractivity contribution in [3.8, 4) is 0 Å². The summed E-state index contributed by atoms with van der Waals surface area (Å²) in [4.78, 5) is 11.8. The Morgan fingerprint density at radius 3 is 2.30 bits per heavy atom. The molecule has 2 rings (SSSR count). The Morgan fingerprint density at radius 1 is 1.11 bits per heavy atom. The lowest BCUT2D eigenvalue weighted by atomic mass is 9.86. The molecule has 0 amide bonds. The highest BCUT2D eigenvalue weighted by Gasteiger charge is 2.15. The predicted molar refractivity (Wildman–Crippen MR) is 115 cm³/mol. The molecule has 2 aromatic rings. The number of methoxy groups -OCH3 is 1. The first kappa shape index (κ1) is 20.9. The summed E-state index contributed by atoms with van der Waals surface area (Å²) in [6.45, 7) is 10.5. The molecule has 0 bridgehead atoms. The fraction of sp³-hybridized carbons (Fsp3) is 0.364. The van der Waals surface area contributed by atoms with Crippen molar-refractivity contribution in [3.05, 3.63) is 64.7 Å². The van der Waals surface area contributed by atoms with E-state index in [9.17, 15) is 4.79 Å². The van der Waals surface area contributed by atoms with Gasteiger partial charge in [0.15, 0.2) is 5.11 Å². The number of benzene rings is 2. The van der Waals surface area contributed by atoms with Crippen molar-refractivity contribution in [2.45, 2.75) is 46.1 Å². The summed E-state index contributed by atoms with van der Waals surface area (Å²) in [7, 11) is 1.38. The zero-order valence-corrected chi connectivity index (χ0v) is 17.7. The Kier molecular flexibility index (Phi) is 6.60. The molecule has 0 aliphatic heterocycles. The molecule has 0 aromatic heterocycles. The largest absolute Gasteiger partial charge is 0.465 e. The molecule has 0 heterocycles. The van der Waals surface area contributed by atoms with E-state index in [-0.39, 0.29) is 17.4 Å². The number of anilines is 1. The highest BCUT2D eigenvalue weighted by molar-refractivity contribution is 7.80. The van der Waals surface area contributed by atoms with Gasteiger partial charge >= 0.3 is 5.97 Å². The van der Waals surface area contributed by atoms with Crippen molar-refractivity contribution in [2.75, 3.05) is 12.4 Å². The van der Waals surface area contributed by atoms with E-state index < -0.39 is 0 Å². The van der Waals surface area contributed by atoms with Gasteiger partial charge in [-0.25, -0.2) is 4.79 Å². The molecule has 2 aromatic carbocycles. The van der Waals surface area contributed by atoms with E-state index in [0.29, 0.717) is 10.7 Å². The lowest BCUT2D eigenvalue weighted by Crippen LogP contribution is -2.31. The zero-order chi connectivity index (χ0) is 20.2. The van der Waals surface area contributed by atoms with Crippen LogP contribution in [0, 0.1) is 6.92 Å². The molecule has 0 saturated carbocycles. The third-order valence-corrected chi connectivity index (χ3v) is 4.83. The van der Waals surface area contributed by atoms with Crippen LogP contribution in [0.2, 0.25) is 0 Å². The lowest BCUT2D eigenvalue weighted by Gasteiger charge is -2.22. The van der Waals surface area contributed by atoms with Crippen LogP contribution < -0.4 is 10.6 Å². The quantitative estimate of drug-likeness (QED) is 0.565. The minimum Gasteiger partial charge on any atom is -0.465 e. The number of esters is 1. The Hall–Kier alpha value is -2.40. The third-order valence-electron chi connectivity index (χ3n) is 4.61. The number of hydrogen-bond donors (Lipinski definition) is 2. The molecule has 4 nitrogen and oxygen atoms in total. The summed E-state index contributed by atoms with van der Waals surface area (Å²) in [5.74, 6) is -0.359. The maximum Gasteiger partial charge on any atom is 0.338 e. The van der Waals surface area contributed by atoms with Gasteiger partial charge in [0.05, 0.1) is 18.7 Å². The summed E-state index contributed by atoms with van der Waals surface area (Å²) in [6.07, 6.45) is 0. The minimum absolute atomic E-state index is 0.0584. The van der Waals surface area contributed by atoms with Crippen LogP contribution in [-0.2, 0) is 10.2 Å². The standard InChI is InChI=1S/C22H28N2O2S/c1-14-18(20(25)26-6)8-7-9-19(14)24-21(27)23-15(2)16-10-12-17(13-11-16)22(3,4)5/h7-13,15H,1-6H3,(H2,23,24,27). The highest BCUT2D eigenvalue weighted by atomic mass is 32.1. The molecule has 0 aliphatic rings. The molecule has 1 atom stereocenters. The van der Waals surface area contributed by atoms with Crippen molar-refractivity contribution >= 4 is 29.0 Å². The van der Waals surface area contributed by atoms with Crippen LogP contribution in [-0.4, -0.2) is 18.2 Å². The number of carbonyl (C=O) groups is 1. The van der Waals surface area contributed by atoms with Gasteiger partial charge in [-0.15, -0.1) is 0 Å². The summed E-state index contributed by atoms with van der Waals surface area (Å²) in [5.41, 5.74) is 4.70. The third kappa shape index (κ3) is 5.30. The van der Waals surface area contributed by atoms with Gasteiger partial charge in [0.2, 0.25) is 0 Å². The van der Waals surface area contributed by atoms with Crippen molar-refractivity contribution in [1.29, 1.82) is 0 Å². The Morgan fingerprint density at radius 2 is 1.74 bits per heavy atom. The van der Waals surface area contributed by atoms with Crippen LogP contribution in [0.3, 0.4) is 0 Å². The molecular weight excluding hydrogens is 356 g/mol. The van der Waals surface area contributed by atoms with Gasteiger partial charge in [-0.3, -0.25) is 0 Å². The van der Waals surface area contributed by atoms with Crippen molar-refractivity contribution in [1.82, 2.24) is 5.32 Å². The van der Waals surface area contributed by atoms with Crippen LogP contribution in [0.5, 0.6) is 0 Å². The summed E-state index contributed by atoms with van der Waals surface area (Å²) in [5, 5.41) is 6.98. The van der Waals surface area contributed by atoms with Gasteiger partial charge in [0.25, 0.3) is 0 Å². The Labute approximate surface area is 167 Å². The second-order valence-corrected chi connectivity index (χ2v) is 8.07. The molecule has 2 N–H and O–H groups in total. The monoisotopic (exact) mass is 384 g/mol. The molecule has 0 fully saturated rings. The summed E-state index contributed by atoms with van der Waals surface area (Å²) < 4.78 is 4.82. The maximum absolute atomic E-state index is 11.8. The van der Waals surface area contributed by atoms with Crippen molar-refractivity contribution in [2.24, 2.45) is 0 Å². The normalized spacial score (nSPS) is 12.2. The number of thiocarbonyl (C=S) groups is 1. The van der Waals surface area contributed by atoms with Crippen LogP contribution in [0.25, 0.3) is 0 Å². The Balaban J connectivity index is 2.06. The maximum atomic E-state index is 11.8. The van der Waals surface area contributed by atoms with Crippen molar-refractivity contribution < 1.29 is 9.53 Å². The fourth-order valence-electron chi connectivity index (χ4n) is 2.81. The van der Waals surface area contributed by atoms with Gasteiger partial charge in [-0.2, -0.15) is 0 Å². The SMILES string of the molecule is COC(=O)c1cccc(NC(=S)NC(C)c2ccc(C(C)(C)C)cc2)c1C. The van der Waals surface area contributed by atoms with Gasteiger partial charge in [0.1, 0.15) is 0 Å². The molecule has 27 heavy (non-hydrogen) atoms. The molecule has 0 saturated heterocycles. The average Bonchev–Trinajstić information content (AvgIpc) is 2.62. The molecule has 5 heteroatoms. The molecule has 0 spiro atoms. The molecule has 144 valence electrons. The molecule has 0 radical (unpaired) electrons. The molecule has 1 unspecified atom stereocenters. The van der Waals surface area contributed by atoms with Gasteiger partial charge in [-0.05, 0) is 60.3 Å². The van der Waals surface area contributed by atoms with Crippen LogP contribution in [0.1, 0.15) is 60.8 Å². The first-order chi connectivity index (χ1) is 12.6. The average molecular weight is 385 g/mol. The van der Waals surface area contributed by atoms with Crippen LogP contribution in [0.15, 0.2) is 42.5 Å². The fourth-order valence-corrected chi connectivity index (χ4v) is 3.10. The van der Waals surface area contributed by atoms with E-state index in [0.717, 1.165) is 16.8 Å². The smallest absolute Gasteiger partial charge is 0.338 e. The van der Waals surface area contributed by atoms with E-state index in [2.05, 4.69) is 62.6 Å². The van der Waals surface area contributed by atoms with Crippen LogP contribution in [0.4, 0.5) is 5.69 Å². The number of carbonyl (C=O) groups excluding carboxylic acids is 1. The topological polar surface area (TPSA) is 50.4 Å². The van der Waals surface area contributed by atoms with E-state index in [1.807, 2.05) is 13.0 Å². The summed E-state index contributed by atoms with van der Waals surface area (Å²) >= 11 is 5.46.